The Kier molecular flexibility index (Phi) is 3.99. The molecule has 3 nitrogen and oxygen atoms in total. The van der Waals surface area contributed by atoms with Gasteiger partial charge in [-0.1, -0.05) is 25.0 Å². The van der Waals surface area contributed by atoms with Crippen molar-refractivity contribution in [1.29, 1.82) is 0 Å². The van der Waals surface area contributed by atoms with Crippen LogP contribution in [0.4, 0.5) is 0 Å². The first-order valence-corrected chi connectivity index (χ1v) is 7.83. The van der Waals surface area contributed by atoms with Crippen LogP contribution >= 0.6 is 11.5 Å². The first kappa shape index (κ1) is 12.9. The highest BCUT2D eigenvalue weighted by atomic mass is 32.1. The van der Waals surface area contributed by atoms with Crippen molar-refractivity contribution in [2.75, 3.05) is 13.2 Å². The largest absolute Gasteiger partial charge is 0.482 e. The van der Waals surface area contributed by atoms with Gasteiger partial charge in [0.2, 0.25) is 5.06 Å². The molecule has 0 radical (unpaired) electrons. The normalized spacial score (nSPS) is 23.6. The maximum absolute atomic E-state index is 6.03. The van der Waals surface area contributed by atoms with Crippen LogP contribution in [-0.4, -0.2) is 17.5 Å². The van der Waals surface area contributed by atoms with Gasteiger partial charge in [0.15, 0.2) is 0 Å². The molecular weight excluding hydrogens is 256 g/mol. The predicted octanol–water partition coefficient (Wildman–Crippen LogP) is 3.44. The Morgan fingerprint density at radius 2 is 2.00 bits per heavy atom. The molecule has 0 bridgehead atoms. The number of hydrogen-bond acceptors (Lipinski definition) is 4. The van der Waals surface area contributed by atoms with Crippen molar-refractivity contribution in [3.63, 3.8) is 0 Å². The van der Waals surface area contributed by atoms with Crippen LogP contribution in [0.25, 0.3) is 10.9 Å². The summed E-state index contributed by atoms with van der Waals surface area (Å²) in [6.45, 7) is 1.57. The summed E-state index contributed by atoms with van der Waals surface area (Å²) < 4.78 is 10.4. The minimum Gasteiger partial charge on any atom is -0.482 e. The first-order chi connectivity index (χ1) is 9.38. The summed E-state index contributed by atoms with van der Waals surface area (Å²) in [7, 11) is 0. The van der Waals surface area contributed by atoms with Gasteiger partial charge in [0.1, 0.15) is 0 Å². The maximum atomic E-state index is 6.03. The van der Waals surface area contributed by atoms with E-state index < -0.39 is 0 Å². The van der Waals surface area contributed by atoms with Gasteiger partial charge in [0.25, 0.3) is 0 Å². The lowest BCUT2D eigenvalue weighted by atomic mass is 9.80. The highest BCUT2D eigenvalue weighted by Gasteiger charge is 2.24. The van der Waals surface area contributed by atoms with Crippen LogP contribution in [0.2, 0.25) is 0 Å². The Morgan fingerprint density at radius 3 is 2.84 bits per heavy atom. The molecule has 1 aliphatic carbocycles. The number of ether oxygens (including phenoxy) is 1. The molecule has 0 amide bonds. The molecule has 0 saturated heterocycles. The average Bonchev–Trinajstić information content (AvgIpc) is 2.89. The van der Waals surface area contributed by atoms with Crippen LogP contribution < -0.4 is 10.5 Å². The Balaban J connectivity index is 1.68. The van der Waals surface area contributed by atoms with Crippen molar-refractivity contribution in [2.45, 2.75) is 25.7 Å². The molecule has 3 rings (SSSR count). The molecule has 2 unspecified atom stereocenters. The number of nitrogens with two attached hydrogens (primary N) is 1. The summed E-state index contributed by atoms with van der Waals surface area (Å²) in [5, 5.41) is 2.09. The highest BCUT2D eigenvalue weighted by molar-refractivity contribution is 7.09. The van der Waals surface area contributed by atoms with E-state index in [1.165, 1.54) is 37.2 Å². The fourth-order valence-electron chi connectivity index (χ4n) is 2.97. The lowest BCUT2D eigenvalue weighted by Crippen LogP contribution is -2.30. The van der Waals surface area contributed by atoms with E-state index in [-0.39, 0.29) is 0 Å². The standard InChI is InChI=1S/C15H20N2OS/c16-9-11-5-1-2-6-12(11)10-18-15-13-7-3-4-8-14(13)17-19-15/h3-4,7-8,11-12H,1-2,5-6,9-10,16H2. The van der Waals surface area contributed by atoms with E-state index in [0.29, 0.717) is 11.8 Å². The third-order valence-electron chi connectivity index (χ3n) is 4.15. The highest BCUT2D eigenvalue weighted by Crippen LogP contribution is 2.33. The number of rotatable bonds is 4. The topological polar surface area (TPSA) is 48.1 Å². The molecule has 1 aromatic carbocycles. The molecule has 1 saturated carbocycles. The second-order valence-corrected chi connectivity index (χ2v) is 6.07. The number of aromatic nitrogens is 1. The van der Waals surface area contributed by atoms with Gasteiger partial charge in [-0.05, 0) is 43.4 Å². The summed E-state index contributed by atoms with van der Waals surface area (Å²) >= 11 is 1.46. The Bertz CT molecular complexity index is 540. The second-order valence-electron chi connectivity index (χ2n) is 5.34. The monoisotopic (exact) mass is 276 g/mol. The lowest BCUT2D eigenvalue weighted by molar-refractivity contribution is 0.157. The molecule has 1 heterocycles. The molecule has 0 spiro atoms. The van der Waals surface area contributed by atoms with E-state index in [0.717, 1.165) is 29.1 Å². The van der Waals surface area contributed by atoms with Crippen LogP contribution in [0.1, 0.15) is 25.7 Å². The van der Waals surface area contributed by atoms with Gasteiger partial charge >= 0.3 is 0 Å². The molecule has 4 heteroatoms. The molecule has 19 heavy (non-hydrogen) atoms. The van der Waals surface area contributed by atoms with Crippen molar-refractivity contribution < 1.29 is 4.74 Å². The number of nitrogens with zero attached hydrogens (tertiary/aromatic N) is 1. The summed E-state index contributed by atoms with van der Waals surface area (Å²) in [6, 6.07) is 8.15. The van der Waals surface area contributed by atoms with Crippen LogP contribution in [0.5, 0.6) is 5.06 Å². The van der Waals surface area contributed by atoms with E-state index in [2.05, 4.69) is 10.4 Å². The molecule has 2 N–H and O–H groups in total. The van der Waals surface area contributed by atoms with E-state index in [9.17, 15) is 0 Å². The smallest absolute Gasteiger partial charge is 0.201 e. The molecule has 0 aliphatic heterocycles. The zero-order valence-corrected chi connectivity index (χ0v) is 11.9. The van der Waals surface area contributed by atoms with Crippen molar-refractivity contribution in [2.24, 2.45) is 17.6 Å². The minimum atomic E-state index is 0.611. The zero-order chi connectivity index (χ0) is 13.1. The van der Waals surface area contributed by atoms with Gasteiger partial charge in [-0.2, -0.15) is 4.37 Å². The maximum Gasteiger partial charge on any atom is 0.201 e. The third-order valence-corrected chi connectivity index (χ3v) is 4.94. The van der Waals surface area contributed by atoms with Gasteiger partial charge in [0, 0.05) is 11.5 Å². The zero-order valence-electron chi connectivity index (χ0n) is 11.0. The van der Waals surface area contributed by atoms with Crippen LogP contribution in [-0.2, 0) is 0 Å². The Labute approximate surface area is 117 Å². The van der Waals surface area contributed by atoms with Gasteiger partial charge in [-0.15, -0.1) is 0 Å². The molecule has 1 fully saturated rings. The summed E-state index contributed by atoms with van der Waals surface area (Å²) in [5.74, 6) is 1.24. The number of fused-ring (bicyclic) bond motifs is 1. The van der Waals surface area contributed by atoms with Crippen LogP contribution in [0.3, 0.4) is 0 Å². The fourth-order valence-corrected chi connectivity index (χ4v) is 3.70. The first-order valence-electron chi connectivity index (χ1n) is 7.06. The summed E-state index contributed by atoms with van der Waals surface area (Å²) in [6.07, 6.45) is 5.14. The quantitative estimate of drug-likeness (QED) is 0.930. The average molecular weight is 276 g/mol. The molecule has 2 atom stereocenters. The van der Waals surface area contributed by atoms with E-state index >= 15 is 0 Å². The van der Waals surface area contributed by atoms with Crippen molar-refractivity contribution in [3.05, 3.63) is 24.3 Å². The summed E-state index contributed by atoms with van der Waals surface area (Å²) in [5.41, 5.74) is 6.90. The van der Waals surface area contributed by atoms with Gasteiger partial charge in [-0.25, -0.2) is 0 Å². The van der Waals surface area contributed by atoms with Crippen molar-refractivity contribution >= 4 is 22.4 Å². The fraction of sp³-hybridized carbons (Fsp3) is 0.533. The lowest BCUT2D eigenvalue weighted by Gasteiger charge is -2.30. The predicted molar refractivity (Wildman–Crippen MR) is 79.6 cm³/mol. The van der Waals surface area contributed by atoms with Crippen LogP contribution in [0.15, 0.2) is 24.3 Å². The number of hydrogen-bond donors (Lipinski definition) is 1. The van der Waals surface area contributed by atoms with E-state index in [1.54, 1.807) is 0 Å². The van der Waals surface area contributed by atoms with Gasteiger partial charge < -0.3 is 10.5 Å². The van der Waals surface area contributed by atoms with Crippen molar-refractivity contribution in [3.8, 4) is 5.06 Å². The van der Waals surface area contributed by atoms with Crippen molar-refractivity contribution in [1.82, 2.24) is 4.37 Å². The van der Waals surface area contributed by atoms with E-state index in [1.807, 2.05) is 18.2 Å². The third kappa shape index (κ3) is 2.74. The Morgan fingerprint density at radius 1 is 1.21 bits per heavy atom. The second kappa shape index (κ2) is 5.88. The molecule has 1 aromatic heterocycles. The number of benzene rings is 1. The van der Waals surface area contributed by atoms with E-state index in [4.69, 9.17) is 10.5 Å². The minimum absolute atomic E-state index is 0.611. The van der Waals surface area contributed by atoms with Crippen LogP contribution in [0, 0.1) is 11.8 Å². The van der Waals surface area contributed by atoms with Gasteiger partial charge in [0.05, 0.1) is 17.5 Å². The molecule has 2 aromatic rings. The molecule has 1 aliphatic rings. The SMILES string of the molecule is NCC1CCCCC1COc1snc2ccccc12. The summed E-state index contributed by atoms with van der Waals surface area (Å²) in [4.78, 5) is 0. The molecule has 102 valence electrons. The van der Waals surface area contributed by atoms with Gasteiger partial charge in [-0.3, -0.25) is 0 Å². The Hall–Kier alpha value is -1.13. The molecular formula is C15H20N2OS.